The third kappa shape index (κ3) is 2.27. The molecule has 2 heterocycles. The van der Waals surface area contributed by atoms with E-state index in [9.17, 15) is 4.79 Å². The molecule has 0 fully saturated rings. The number of hydrogen-bond acceptors (Lipinski definition) is 5. The number of carbonyl (C=O) groups is 1. The summed E-state index contributed by atoms with van der Waals surface area (Å²) in [6.45, 7) is 4.07. The zero-order chi connectivity index (χ0) is 14.1. The molecular weight excluding hydrogens is 274 g/mol. The normalized spacial score (nSPS) is 11.2. The number of hydrogen-bond donors (Lipinski definition) is 2. The number of amides is 1. The van der Waals surface area contributed by atoms with E-state index in [0.717, 1.165) is 15.9 Å². The standard InChI is InChI=1S/C13H13N5OS/c1-7(2)12-17-18-13(20-12)14-11(19)10-8-5-3-4-6-9(8)15-16-10/h3-7H,1-2H3,(H,15,16)(H,14,18,19). The van der Waals surface area contributed by atoms with Gasteiger partial charge in [0.15, 0.2) is 5.69 Å². The van der Waals surface area contributed by atoms with Crippen molar-refractivity contribution in [3.8, 4) is 0 Å². The highest BCUT2D eigenvalue weighted by atomic mass is 32.1. The number of anilines is 1. The molecule has 3 aromatic rings. The summed E-state index contributed by atoms with van der Waals surface area (Å²) >= 11 is 1.38. The van der Waals surface area contributed by atoms with Crippen molar-refractivity contribution in [2.45, 2.75) is 19.8 Å². The number of nitrogens with one attached hydrogen (secondary N) is 2. The lowest BCUT2D eigenvalue weighted by atomic mass is 10.2. The van der Waals surface area contributed by atoms with Crippen molar-refractivity contribution in [3.63, 3.8) is 0 Å². The number of aromatic amines is 1. The van der Waals surface area contributed by atoms with Gasteiger partial charge in [0, 0.05) is 11.3 Å². The molecule has 0 radical (unpaired) electrons. The number of nitrogens with zero attached hydrogens (tertiary/aromatic N) is 3. The highest BCUT2D eigenvalue weighted by Crippen LogP contribution is 2.23. The average Bonchev–Trinajstić information content (AvgIpc) is 3.04. The second kappa shape index (κ2) is 5.01. The Morgan fingerprint density at radius 2 is 2.10 bits per heavy atom. The molecule has 0 saturated carbocycles. The maximum Gasteiger partial charge on any atom is 0.278 e. The summed E-state index contributed by atoms with van der Waals surface area (Å²) in [6.07, 6.45) is 0. The van der Waals surface area contributed by atoms with Gasteiger partial charge in [0.1, 0.15) is 5.01 Å². The first-order valence-corrected chi connectivity index (χ1v) is 7.04. The van der Waals surface area contributed by atoms with Crippen molar-refractivity contribution in [3.05, 3.63) is 35.0 Å². The fourth-order valence-corrected chi connectivity index (χ4v) is 2.55. The van der Waals surface area contributed by atoms with Crippen LogP contribution in [0.5, 0.6) is 0 Å². The predicted molar refractivity (Wildman–Crippen MR) is 78.0 cm³/mol. The van der Waals surface area contributed by atoms with E-state index in [4.69, 9.17) is 0 Å². The van der Waals surface area contributed by atoms with Gasteiger partial charge in [-0.3, -0.25) is 15.2 Å². The second-order valence-corrected chi connectivity index (χ2v) is 5.68. The summed E-state index contributed by atoms with van der Waals surface area (Å²) in [4.78, 5) is 12.2. The minimum Gasteiger partial charge on any atom is -0.295 e. The van der Waals surface area contributed by atoms with Crippen molar-refractivity contribution < 1.29 is 4.79 Å². The first-order chi connectivity index (χ1) is 9.65. The Morgan fingerprint density at radius 1 is 1.30 bits per heavy atom. The summed E-state index contributed by atoms with van der Waals surface area (Å²) < 4.78 is 0. The fraction of sp³-hybridized carbons (Fsp3) is 0.231. The molecule has 6 nitrogen and oxygen atoms in total. The first-order valence-electron chi connectivity index (χ1n) is 6.23. The molecule has 20 heavy (non-hydrogen) atoms. The van der Waals surface area contributed by atoms with Gasteiger partial charge in [-0.05, 0) is 6.07 Å². The second-order valence-electron chi connectivity index (χ2n) is 4.67. The van der Waals surface area contributed by atoms with Crippen LogP contribution in [0.2, 0.25) is 0 Å². The first kappa shape index (κ1) is 12.7. The fourth-order valence-electron chi connectivity index (χ4n) is 1.81. The molecule has 0 unspecified atom stereocenters. The van der Waals surface area contributed by atoms with Crippen LogP contribution in [0.25, 0.3) is 10.9 Å². The van der Waals surface area contributed by atoms with Crippen molar-refractivity contribution in [1.29, 1.82) is 0 Å². The van der Waals surface area contributed by atoms with E-state index in [1.807, 2.05) is 38.1 Å². The highest BCUT2D eigenvalue weighted by molar-refractivity contribution is 7.15. The summed E-state index contributed by atoms with van der Waals surface area (Å²) in [5.74, 6) is 0.0123. The smallest absolute Gasteiger partial charge is 0.278 e. The van der Waals surface area contributed by atoms with Crippen LogP contribution in [0.1, 0.15) is 35.3 Å². The van der Waals surface area contributed by atoms with Crippen LogP contribution >= 0.6 is 11.3 Å². The molecule has 1 amide bonds. The van der Waals surface area contributed by atoms with Gasteiger partial charge in [0.25, 0.3) is 5.91 Å². The molecule has 0 aliphatic heterocycles. The van der Waals surface area contributed by atoms with E-state index < -0.39 is 0 Å². The van der Waals surface area contributed by atoms with Gasteiger partial charge in [-0.2, -0.15) is 5.10 Å². The van der Waals surface area contributed by atoms with Crippen LogP contribution in [-0.2, 0) is 0 Å². The minimum absolute atomic E-state index is 0.283. The van der Waals surface area contributed by atoms with E-state index in [0.29, 0.717) is 16.7 Å². The van der Waals surface area contributed by atoms with Gasteiger partial charge >= 0.3 is 0 Å². The molecule has 1 aromatic carbocycles. The van der Waals surface area contributed by atoms with Gasteiger partial charge in [-0.25, -0.2) is 0 Å². The predicted octanol–water partition coefficient (Wildman–Crippen LogP) is 2.79. The van der Waals surface area contributed by atoms with Gasteiger partial charge in [-0.15, -0.1) is 10.2 Å². The summed E-state index contributed by atoms with van der Waals surface area (Å²) in [6, 6.07) is 7.49. The van der Waals surface area contributed by atoms with Gasteiger partial charge in [0.05, 0.1) is 5.52 Å². The van der Waals surface area contributed by atoms with Crippen LogP contribution in [0.15, 0.2) is 24.3 Å². The van der Waals surface area contributed by atoms with Gasteiger partial charge < -0.3 is 0 Å². The molecule has 0 bridgehead atoms. The molecule has 0 spiro atoms. The lowest BCUT2D eigenvalue weighted by Crippen LogP contribution is -2.12. The molecule has 3 rings (SSSR count). The molecular formula is C13H13N5OS. The highest BCUT2D eigenvalue weighted by Gasteiger charge is 2.16. The Labute approximate surface area is 119 Å². The van der Waals surface area contributed by atoms with Gasteiger partial charge in [-0.1, -0.05) is 43.4 Å². The SMILES string of the molecule is CC(C)c1nnc(NC(=O)c2n[nH]c3ccccc23)s1. The molecule has 0 atom stereocenters. The van der Waals surface area contributed by atoms with Crippen LogP contribution < -0.4 is 5.32 Å². The Hall–Kier alpha value is -2.28. The summed E-state index contributed by atoms with van der Waals surface area (Å²) in [5, 5.41) is 19.8. The van der Waals surface area contributed by atoms with E-state index in [-0.39, 0.29) is 5.91 Å². The number of H-pyrrole nitrogens is 1. The number of para-hydroxylation sites is 1. The van der Waals surface area contributed by atoms with Crippen molar-refractivity contribution in [2.75, 3.05) is 5.32 Å². The molecule has 7 heteroatoms. The zero-order valence-corrected chi connectivity index (χ0v) is 11.9. The zero-order valence-electron chi connectivity index (χ0n) is 11.0. The number of aromatic nitrogens is 4. The Balaban J connectivity index is 1.85. The maximum absolute atomic E-state index is 12.2. The molecule has 0 saturated heterocycles. The summed E-state index contributed by atoms with van der Waals surface area (Å²) in [5.41, 5.74) is 1.19. The molecule has 2 N–H and O–H groups in total. The maximum atomic E-state index is 12.2. The minimum atomic E-state index is -0.283. The van der Waals surface area contributed by atoms with E-state index in [1.165, 1.54) is 11.3 Å². The Bertz CT molecular complexity index is 761. The molecule has 0 aliphatic rings. The molecule has 0 aliphatic carbocycles. The lowest BCUT2D eigenvalue weighted by Gasteiger charge is -1.98. The number of fused-ring (bicyclic) bond motifs is 1. The number of rotatable bonds is 3. The number of carbonyl (C=O) groups excluding carboxylic acids is 1. The Kier molecular flexibility index (Phi) is 3.19. The lowest BCUT2D eigenvalue weighted by molar-refractivity contribution is 0.102. The topological polar surface area (TPSA) is 83.6 Å². The third-order valence-electron chi connectivity index (χ3n) is 2.84. The van der Waals surface area contributed by atoms with E-state index in [2.05, 4.69) is 25.7 Å². The monoisotopic (exact) mass is 287 g/mol. The van der Waals surface area contributed by atoms with Crippen LogP contribution in [0.3, 0.4) is 0 Å². The van der Waals surface area contributed by atoms with E-state index >= 15 is 0 Å². The quantitative estimate of drug-likeness (QED) is 0.776. The number of benzene rings is 1. The average molecular weight is 287 g/mol. The third-order valence-corrected chi connectivity index (χ3v) is 3.98. The van der Waals surface area contributed by atoms with Crippen LogP contribution in [-0.4, -0.2) is 26.3 Å². The Morgan fingerprint density at radius 3 is 2.85 bits per heavy atom. The van der Waals surface area contributed by atoms with Crippen LogP contribution in [0.4, 0.5) is 5.13 Å². The van der Waals surface area contributed by atoms with Crippen LogP contribution in [0, 0.1) is 0 Å². The van der Waals surface area contributed by atoms with Gasteiger partial charge in [0.2, 0.25) is 5.13 Å². The van der Waals surface area contributed by atoms with E-state index in [1.54, 1.807) is 0 Å². The van der Waals surface area contributed by atoms with Crippen molar-refractivity contribution in [2.24, 2.45) is 0 Å². The van der Waals surface area contributed by atoms with Crippen molar-refractivity contribution in [1.82, 2.24) is 20.4 Å². The summed E-state index contributed by atoms with van der Waals surface area (Å²) in [7, 11) is 0. The molecule has 102 valence electrons. The molecule has 2 aromatic heterocycles. The van der Waals surface area contributed by atoms with Crippen molar-refractivity contribution >= 4 is 33.3 Å². The largest absolute Gasteiger partial charge is 0.295 e.